The third-order valence-electron chi connectivity index (χ3n) is 8.61. The number of rotatable bonds is 9. The first-order valence-corrected chi connectivity index (χ1v) is 16.2. The van der Waals surface area contributed by atoms with Crippen molar-refractivity contribution in [3.8, 4) is 22.3 Å². The molecule has 0 bridgehead atoms. The summed E-state index contributed by atoms with van der Waals surface area (Å²) in [6.07, 6.45) is 0.338. The minimum Gasteiger partial charge on any atom is -0.444 e. The molecule has 1 aliphatic heterocycles. The average Bonchev–Trinajstić information content (AvgIpc) is 3.63. The molecule has 6 rings (SSSR count). The van der Waals surface area contributed by atoms with Crippen LogP contribution in [0.2, 0.25) is 0 Å². The summed E-state index contributed by atoms with van der Waals surface area (Å²) in [6.45, 7) is 7.84. The first-order chi connectivity index (χ1) is 23.0. The van der Waals surface area contributed by atoms with Gasteiger partial charge < -0.3 is 20.4 Å². The largest absolute Gasteiger partial charge is 0.444 e. The summed E-state index contributed by atoms with van der Waals surface area (Å²) in [6, 6.07) is 28.4. The SMILES string of the molecule is CC(C)(C)OC(=O)NC[C@@H]1C[C@@H](CNC(=O)c2[nH]c3cc(-c4ccc(F)cc4)ccc3c2-c2ccc(F)cc2)N(Cc2ccccc2)C1. The van der Waals surface area contributed by atoms with E-state index in [1.165, 1.54) is 29.8 Å². The number of amides is 2. The van der Waals surface area contributed by atoms with E-state index in [4.69, 9.17) is 4.74 Å². The van der Waals surface area contributed by atoms with Gasteiger partial charge in [0.05, 0.1) is 0 Å². The monoisotopic (exact) mass is 650 g/mol. The lowest BCUT2D eigenvalue weighted by molar-refractivity contribution is 0.0519. The zero-order chi connectivity index (χ0) is 33.8. The maximum Gasteiger partial charge on any atom is 0.407 e. The van der Waals surface area contributed by atoms with Gasteiger partial charge in [0.15, 0.2) is 0 Å². The number of hydrogen-bond acceptors (Lipinski definition) is 4. The summed E-state index contributed by atoms with van der Waals surface area (Å²) < 4.78 is 32.9. The number of alkyl carbamates (subject to hydrolysis) is 1. The Labute approximate surface area is 279 Å². The highest BCUT2D eigenvalue weighted by atomic mass is 19.1. The Kier molecular flexibility index (Phi) is 9.59. The van der Waals surface area contributed by atoms with E-state index in [-0.39, 0.29) is 29.5 Å². The molecular weight excluding hydrogens is 610 g/mol. The Hall–Kier alpha value is -5.02. The van der Waals surface area contributed by atoms with E-state index in [0.717, 1.165) is 35.0 Å². The smallest absolute Gasteiger partial charge is 0.407 e. The lowest BCUT2D eigenvalue weighted by atomic mass is 9.99. The summed E-state index contributed by atoms with van der Waals surface area (Å²) in [5, 5.41) is 6.90. The highest BCUT2D eigenvalue weighted by Crippen LogP contribution is 2.35. The third kappa shape index (κ3) is 7.91. The van der Waals surface area contributed by atoms with Gasteiger partial charge in [0.2, 0.25) is 0 Å². The number of H-pyrrole nitrogens is 1. The van der Waals surface area contributed by atoms with Crippen molar-refractivity contribution in [3.63, 3.8) is 0 Å². The molecule has 48 heavy (non-hydrogen) atoms. The summed E-state index contributed by atoms with van der Waals surface area (Å²) in [7, 11) is 0. The van der Waals surface area contributed by atoms with Crippen LogP contribution in [0.5, 0.6) is 0 Å². The van der Waals surface area contributed by atoms with Gasteiger partial charge in [-0.3, -0.25) is 9.69 Å². The van der Waals surface area contributed by atoms with Gasteiger partial charge in [-0.1, -0.05) is 66.7 Å². The molecule has 1 saturated heterocycles. The standard InChI is InChI=1S/C39H40F2N4O3/c1-39(2,3)48-38(47)43-21-26-19-32(45(24-26)23-25-7-5-4-6-8-25)22-42-37(46)36-35(28-11-16-31(41)17-12-28)33-18-13-29(20-34(33)44-36)27-9-14-30(40)15-10-27/h4-18,20,26,32,44H,19,21-24H2,1-3H3,(H,42,46)(H,43,47)/t26-,32-/m0/s1. The van der Waals surface area contributed by atoms with Crippen molar-refractivity contribution in [2.75, 3.05) is 19.6 Å². The van der Waals surface area contributed by atoms with Crippen molar-refractivity contribution >= 4 is 22.9 Å². The van der Waals surface area contributed by atoms with Gasteiger partial charge in [0.1, 0.15) is 22.9 Å². The second kappa shape index (κ2) is 14.0. The number of nitrogens with zero attached hydrogens (tertiary/aromatic N) is 1. The molecule has 4 aromatic carbocycles. The van der Waals surface area contributed by atoms with Crippen molar-refractivity contribution in [1.82, 2.24) is 20.5 Å². The molecule has 1 aliphatic rings. The molecule has 2 heterocycles. The predicted molar refractivity (Wildman–Crippen MR) is 184 cm³/mol. The number of aromatic amines is 1. The minimum absolute atomic E-state index is 0.0309. The number of hydrogen-bond donors (Lipinski definition) is 3. The Morgan fingerprint density at radius 2 is 1.48 bits per heavy atom. The molecule has 2 amide bonds. The quantitative estimate of drug-likeness (QED) is 0.151. The van der Waals surface area contributed by atoms with Gasteiger partial charge in [-0.05, 0) is 85.7 Å². The van der Waals surface area contributed by atoms with Crippen LogP contribution in [0.15, 0.2) is 97.1 Å². The number of nitrogens with one attached hydrogen (secondary N) is 3. The van der Waals surface area contributed by atoms with Crippen LogP contribution in [0, 0.1) is 17.6 Å². The number of fused-ring (bicyclic) bond motifs is 1. The lowest BCUT2D eigenvalue weighted by Crippen LogP contribution is -2.40. The van der Waals surface area contributed by atoms with Crippen LogP contribution in [0.25, 0.3) is 33.2 Å². The van der Waals surface area contributed by atoms with E-state index in [1.807, 2.05) is 57.2 Å². The number of aromatic nitrogens is 1. The van der Waals surface area contributed by atoms with Gasteiger partial charge in [0.25, 0.3) is 5.91 Å². The van der Waals surface area contributed by atoms with Crippen LogP contribution in [-0.2, 0) is 11.3 Å². The first-order valence-electron chi connectivity index (χ1n) is 16.2. The maximum atomic E-state index is 14.0. The molecule has 0 radical (unpaired) electrons. The van der Waals surface area contributed by atoms with Crippen molar-refractivity contribution in [2.24, 2.45) is 5.92 Å². The highest BCUT2D eigenvalue weighted by Gasteiger charge is 2.33. The van der Waals surface area contributed by atoms with E-state index in [0.29, 0.717) is 36.5 Å². The molecule has 1 aromatic heterocycles. The number of likely N-dealkylation sites (tertiary alicyclic amines) is 1. The van der Waals surface area contributed by atoms with Gasteiger partial charge in [-0.15, -0.1) is 0 Å². The van der Waals surface area contributed by atoms with E-state index < -0.39 is 11.7 Å². The van der Waals surface area contributed by atoms with Gasteiger partial charge in [-0.2, -0.15) is 0 Å². The summed E-state index contributed by atoms with van der Waals surface area (Å²) in [5.41, 5.74) is 4.81. The third-order valence-corrected chi connectivity index (χ3v) is 8.61. The fourth-order valence-corrected chi connectivity index (χ4v) is 6.41. The predicted octanol–water partition coefficient (Wildman–Crippen LogP) is 7.93. The van der Waals surface area contributed by atoms with Gasteiger partial charge >= 0.3 is 6.09 Å². The molecule has 0 saturated carbocycles. The second-order valence-electron chi connectivity index (χ2n) is 13.4. The van der Waals surface area contributed by atoms with Crippen molar-refractivity contribution in [1.29, 1.82) is 0 Å². The molecule has 2 atom stereocenters. The minimum atomic E-state index is -0.580. The van der Waals surface area contributed by atoms with E-state index in [9.17, 15) is 18.4 Å². The zero-order valence-electron chi connectivity index (χ0n) is 27.4. The van der Waals surface area contributed by atoms with E-state index in [2.05, 4.69) is 32.7 Å². The summed E-state index contributed by atoms with van der Waals surface area (Å²) in [4.78, 5) is 32.0. The van der Waals surface area contributed by atoms with Crippen LogP contribution in [0.1, 0.15) is 43.2 Å². The number of halogens is 2. The van der Waals surface area contributed by atoms with E-state index >= 15 is 0 Å². The van der Waals surface area contributed by atoms with Crippen molar-refractivity contribution < 1.29 is 23.1 Å². The van der Waals surface area contributed by atoms with Crippen LogP contribution in [0.3, 0.4) is 0 Å². The van der Waals surface area contributed by atoms with Crippen molar-refractivity contribution in [2.45, 2.75) is 45.4 Å². The maximum absolute atomic E-state index is 14.0. The lowest BCUT2D eigenvalue weighted by Gasteiger charge is -2.24. The molecule has 0 spiro atoms. The molecule has 7 nitrogen and oxygen atoms in total. The Balaban J connectivity index is 1.24. The zero-order valence-corrected chi connectivity index (χ0v) is 27.4. The fraction of sp³-hybridized carbons (Fsp3) is 0.282. The summed E-state index contributed by atoms with van der Waals surface area (Å²) in [5.74, 6) is -0.772. The number of carbonyl (C=O) groups is 2. The number of ether oxygens (including phenoxy) is 1. The normalized spacial score (nSPS) is 16.6. The average molecular weight is 651 g/mol. The first kappa shape index (κ1) is 32.9. The van der Waals surface area contributed by atoms with Gasteiger partial charge in [-0.25, -0.2) is 13.6 Å². The fourth-order valence-electron chi connectivity index (χ4n) is 6.41. The molecule has 0 aliphatic carbocycles. The van der Waals surface area contributed by atoms with Crippen molar-refractivity contribution in [3.05, 3.63) is 120 Å². The summed E-state index contributed by atoms with van der Waals surface area (Å²) >= 11 is 0. The highest BCUT2D eigenvalue weighted by molar-refractivity contribution is 6.10. The topological polar surface area (TPSA) is 86.5 Å². The number of carbonyl (C=O) groups excluding carboxylic acids is 2. The molecule has 1 fully saturated rings. The van der Waals surface area contributed by atoms with Gasteiger partial charge in [0, 0.05) is 48.7 Å². The molecule has 3 N–H and O–H groups in total. The molecule has 9 heteroatoms. The molecule has 0 unspecified atom stereocenters. The Morgan fingerprint density at radius 3 is 2.15 bits per heavy atom. The van der Waals surface area contributed by atoms with Crippen LogP contribution >= 0.6 is 0 Å². The molecule has 5 aromatic rings. The van der Waals surface area contributed by atoms with Crippen LogP contribution in [-0.4, -0.2) is 53.2 Å². The van der Waals surface area contributed by atoms with E-state index in [1.54, 1.807) is 24.3 Å². The Morgan fingerprint density at radius 1 is 0.833 bits per heavy atom. The van der Waals surface area contributed by atoms with Crippen LogP contribution < -0.4 is 10.6 Å². The molecular formula is C39H40F2N4O3. The second-order valence-corrected chi connectivity index (χ2v) is 13.4. The number of benzene rings is 4. The molecule has 248 valence electrons. The van der Waals surface area contributed by atoms with Crippen LogP contribution in [0.4, 0.5) is 13.6 Å². The Bertz CT molecular complexity index is 1880.